The van der Waals surface area contributed by atoms with E-state index in [1.54, 1.807) is 11.3 Å². The van der Waals surface area contributed by atoms with Gasteiger partial charge in [0.25, 0.3) is 5.91 Å². The van der Waals surface area contributed by atoms with E-state index in [4.69, 9.17) is 5.11 Å². The lowest BCUT2D eigenvalue weighted by Gasteiger charge is -2.44. The van der Waals surface area contributed by atoms with Crippen molar-refractivity contribution in [2.45, 2.75) is 69.4 Å². The van der Waals surface area contributed by atoms with E-state index < -0.39 is 6.10 Å². The van der Waals surface area contributed by atoms with Crippen LogP contribution >= 0.6 is 11.3 Å². The molecule has 1 aromatic heterocycles. The molecule has 2 N–H and O–H groups in total. The number of thiophene rings is 1. The van der Waals surface area contributed by atoms with Crippen LogP contribution in [0.1, 0.15) is 72.5 Å². The minimum atomic E-state index is -0.643. The van der Waals surface area contributed by atoms with Gasteiger partial charge in [0.2, 0.25) is 0 Å². The number of fused-ring (bicyclic) bond motifs is 1. The molecule has 0 radical (unpaired) electrons. The normalized spacial score (nSPS) is 28.1. The summed E-state index contributed by atoms with van der Waals surface area (Å²) in [4.78, 5) is 19.0. The molecule has 0 spiro atoms. The third kappa shape index (κ3) is 4.45. The molecule has 1 saturated carbocycles. The Hall–Kier alpha value is -0.950. The number of β-amino-alcohol motifs (C(OH)–C–C–N with tert-alkyl or cyclic N) is 1. The number of carbonyl (C=O) groups excluding carboxylic acids is 1. The summed E-state index contributed by atoms with van der Waals surface area (Å²) in [6, 6.07) is 2.63. The Morgan fingerprint density at radius 2 is 1.86 bits per heavy atom. The molecule has 156 valence electrons. The van der Waals surface area contributed by atoms with Crippen LogP contribution in [0.4, 0.5) is 0 Å². The fraction of sp³-hybridized carbons (Fsp3) is 0.773. The van der Waals surface area contributed by atoms with E-state index in [2.05, 4.69) is 21.2 Å². The van der Waals surface area contributed by atoms with Crippen LogP contribution in [0.3, 0.4) is 0 Å². The third-order valence-corrected chi connectivity index (χ3v) is 8.14. The molecule has 0 aromatic carbocycles. The number of carbonyl (C=O) groups is 1. The van der Waals surface area contributed by atoms with Crippen molar-refractivity contribution < 1.29 is 15.0 Å². The summed E-state index contributed by atoms with van der Waals surface area (Å²) in [5.74, 6) is 1.49. The fourth-order valence-electron chi connectivity index (χ4n) is 5.48. The molecule has 28 heavy (non-hydrogen) atoms. The van der Waals surface area contributed by atoms with Crippen LogP contribution < -0.4 is 0 Å². The van der Waals surface area contributed by atoms with Gasteiger partial charge in [-0.15, -0.1) is 11.3 Å². The van der Waals surface area contributed by atoms with E-state index in [0.29, 0.717) is 18.5 Å². The van der Waals surface area contributed by atoms with Crippen molar-refractivity contribution in [3.05, 3.63) is 21.9 Å². The average Bonchev–Trinajstić information content (AvgIpc) is 3.23. The van der Waals surface area contributed by atoms with E-state index in [1.165, 1.54) is 37.0 Å². The highest BCUT2D eigenvalue weighted by Gasteiger charge is 2.36. The summed E-state index contributed by atoms with van der Waals surface area (Å²) >= 11 is 1.74. The number of aliphatic hydroxyl groups excluding tert-OH is 2. The van der Waals surface area contributed by atoms with Gasteiger partial charge in [0.05, 0.1) is 18.3 Å². The first kappa shape index (κ1) is 20.3. The van der Waals surface area contributed by atoms with Crippen LogP contribution in [-0.2, 0) is 0 Å². The van der Waals surface area contributed by atoms with Crippen molar-refractivity contribution in [2.24, 2.45) is 5.92 Å². The quantitative estimate of drug-likeness (QED) is 0.789. The number of amides is 1. The number of rotatable bonds is 5. The van der Waals surface area contributed by atoms with Crippen molar-refractivity contribution in [2.75, 3.05) is 32.8 Å². The fourth-order valence-corrected chi connectivity index (χ4v) is 6.53. The van der Waals surface area contributed by atoms with E-state index in [9.17, 15) is 9.90 Å². The number of likely N-dealkylation sites (tertiary alicyclic amines) is 2. The maximum atomic E-state index is 13.2. The van der Waals surface area contributed by atoms with Gasteiger partial charge in [-0.05, 0) is 69.5 Å². The van der Waals surface area contributed by atoms with E-state index >= 15 is 0 Å². The summed E-state index contributed by atoms with van der Waals surface area (Å²) < 4.78 is 0. The smallest absolute Gasteiger partial charge is 0.254 e. The molecular weight excluding hydrogens is 372 g/mol. The highest BCUT2D eigenvalue weighted by atomic mass is 32.1. The standard InChI is InChI=1S/C22H34N2O3S/c25-14-19(26)13-23-10-7-17(8-11-23)21-12-18(15-28-21)22(27)24-9-3-5-16-4-1-2-6-20(16)24/h12,15-17,19-20,25-26H,1-11,13-14H2. The van der Waals surface area contributed by atoms with Gasteiger partial charge in [-0.3, -0.25) is 4.79 Å². The number of piperidine rings is 2. The Kier molecular flexibility index (Phi) is 6.71. The summed E-state index contributed by atoms with van der Waals surface area (Å²) in [6.45, 7) is 3.19. The molecule has 3 atom stereocenters. The van der Waals surface area contributed by atoms with Crippen LogP contribution in [0, 0.1) is 5.92 Å². The number of aliphatic hydroxyl groups is 2. The first-order valence-electron chi connectivity index (χ1n) is 11.1. The second-order valence-electron chi connectivity index (χ2n) is 8.90. The van der Waals surface area contributed by atoms with Crippen molar-refractivity contribution in [1.82, 2.24) is 9.80 Å². The minimum absolute atomic E-state index is 0.172. The van der Waals surface area contributed by atoms with E-state index in [1.807, 2.05) is 0 Å². The Bertz CT molecular complexity index is 654. The maximum absolute atomic E-state index is 13.2. The zero-order chi connectivity index (χ0) is 19.5. The summed E-state index contributed by atoms with van der Waals surface area (Å²) in [5, 5.41) is 20.7. The summed E-state index contributed by atoms with van der Waals surface area (Å²) in [7, 11) is 0. The van der Waals surface area contributed by atoms with Crippen LogP contribution in [0.25, 0.3) is 0 Å². The number of hydrogen-bond donors (Lipinski definition) is 2. The Morgan fingerprint density at radius 1 is 1.11 bits per heavy atom. The highest BCUT2D eigenvalue weighted by molar-refractivity contribution is 7.10. The Labute approximate surface area is 172 Å². The van der Waals surface area contributed by atoms with Gasteiger partial charge >= 0.3 is 0 Å². The van der Waals surface area contributed by atoms with Crippen LogP contribution in [0.5, 0.6) is 0 Å². The van der Waals surface area contributed by atoms with Gasteiger partial charge in [0, 0.05) is 29.4 Å². The zero-order valence-corrected chi connectivity index (χ0v) is 17.6. The second-order valence-corrected chi connectivity index (χ2v) is 9.84. The maximum Gasteiger partial charge on any atom is 0.254 e. The van der Waals surface area contributed by atoms with Crippen molar-refractivity contribution in [3.63, 3.8) is 0 Å². The van der Waals surface area contributed by atoms with Gasteiger partial charge in [0.15, 0.2) is 0 Å². The average molecular weight is 407 g/mol. The molecule has 0 bridgehead atoms. The highest BCUT2D eigenvalue weighted by Crippen LogP contribution is 2.37. The predicted octanol–water partition coefficient (Wildman–Crippen LogP) is 3.08. The van der Waals surface area contributed by atoms with Gasteiger partial charge in [-0.25, -0.2) is 0 Å². The van der Waals surface area contributed by atoms with Crippen LogP contribution in [0.15, 0.2) is 11.4 Å². The number of nitrogens with zero attached hydrogens (tertiary/aromatic N) is 2. The van der Waals surface area contributed by atoms with E-state index in [0.717, 1.165) is 50.4 Å². The summed E-state index contributed by atoms with van der Waals surface area (Å²) in [5.41, 5.74) is 0.893. The summed E-state index contributed by atoms with van der Waals surface area (Å²) in [6.07, 6.45) is 9.01. The van der Waals surface area contributed by atoms with E-state index in [-0.39, 0.29) is 12.5 Å². The van der Waals surface area contributed by atoms with Gasteiger partial charge in [-0.1, -0.05) is 12.8 Å². The SMILES string of the molecule is O=C(c1csc(C2CCN(CC(O)CO)CC2)c1)N1CCCC2CCCCC21. The molecule has 4 rings (SSSR count). The Morgan fingerprint density at radius 3 is 2.64 bits per heavy atom. The van der Waals surface area contributed by atoms with Crippen molar-refractivity contribution >= 4 is 17.2 Å². The van der Waals surface area contributed by atoms with Gasteiger partial charge < -0.3 is 20.0 Å². The molecule has 3 heterocycles. The topological polar surface area (TPSA) is 64.0 Å². The van der Waals surface area contributed by atoms with Crippen molar-refractivity contribution in [3.8, 4) is 0 Å². The molecule has 5 nitrogen and oxygen atoms in total. The zero-order valence-electron chi connectivity index (χ0n) is 16.8. The molecule has 1 aliphatic carbocycles. The first-order chi connectivity index (χ1) is 13.7. The molecule has 1 aromatic rings. The van der Waals surface area contributed by atoms with Gasteiger partial charge in [-0.2, -0.15) is 0 Å². The lowest BCUT2D eigenvalue weighted by atomic mass is 9.78. The predicted molar refractivity (Wildman–Crippen MR) is 112 cm³/mol. The lowest BCUT2D eigenvalue weighted by molar-refractivity contribution is 0.0391. The lowest BCUT2D eigenvalue weighted by Crippen LogP contribution is -2.49. The molecule has 2 saturated heterocycles. The molecule has 3 aliphatic rings. The molecule has 2 aliphatic heterocycles. The Balaban J connectivity index is 1.36. The molecule has 6 heteroatoms. The monoisotopic (exact) mass is 406 g/mol. The van der Waals surface area contributed by atoms with Gasteiger partial charge in [0.1, 0.15) is 0 Å². The van der Waals surface area contributed by atoms with Crippen LogP contribution in [0.2, 0.25) is 0 Å². The second kappa shape index (κ2) is 9.24. The molecular formula is C22H34N2O3S. The van der Waals surface area contributed by atoms with Crippen LogP contribution in [-0.4, -0.2) is 70.9 Å². The molecule has 3 unspecified atom stereocenters. The minimum Gasteiger partial charge on any atom is -0.394 e. The number of hydrogen-bond acceptors (Lipinski definition) is 5. The molecule has 3 fully saturated rings. The van der Waals surface area contributed by atoms with Crippen molar-refractivity contribution in [1.29, 1.82) is 0 Å². The largest absolute Gasteiger partial charge is 0.394 e. The first-order valence-corrected chi connectivity index (χ1v) is 11.9. The third-order valence-electron chi connectivity index (χ3n) is 7.04. The molecule has 1 amide bonds.